The summed E-state index contributed by atoms with van der Waals surface area (Å²) in [5, 5.41) is 4.77. The second kappa shape index (κ2) is 13.9. The number of hydrogen-bond acceptors (Lipinski definition) is 7. The molecular formula is C31H40N6O3S2. The molecule has 0 saturated carbocycles. The van der Waals surface area contributed by atoms with Gasteiger partial charge in [-0.3, -0.25) is 14.7 Å². The number of anilines is 1. The normalized spacial score (nSPS) is 16.7. The minimum atomic E-state index is -3.79. The number of sulfonamides is 1. The number of pyridine rings is 1. The summed E-state index contributed by atoms with van der Waals surface area (Å²) in [6, 6.07) is 12.0. The number of benzene rings is 1. The summed E-state index contributed by atoms with van der Waals surface area (Å²) in [5.74, 6) is 0.510. The zero-order valence-electron chi connectivity index (χ0n) is 24.4. The molecule has 0 aliphatic carbocycles. The molecular weight excluding hydrogens is 569 g/mol. The van der Waals surface area contributed by atoms with Crippen LogP contribution in [0.4, 0.5) is 5.69 Å². The lowest BCUT2D eigenvalue weighted by molar-refractivity contribution is -0.121. The maximum absolute atomic E-state index is 13.8. The topological polar surface area (TPSA) is 100 Å². The summed E-state index contributed by atoms with van der Waals surface area (Å²) in [5.41, 5.74) is 3.29. The summed E-state index contributed by atoms with van der Waals surface area (Å²) < 4.78 is 31.0. The Bertz CT molecular complexity index is 1570. The number of thiophene rings is 1. The van der Waals surface area contributed by atoms with Crippen LogP contribution < -0.4 is 5.32 Å². The van der Waals surface area contributed by atoms with Crippen LogP contribution in [0.2, 0.25) is 0 Å². The summed E-state index contributed by atoms with van der Waals surface area (Å²) >= 11 is 1.18. The first kappa shape index (κ1) is 30.3. The van der Waals surface area contributed by atoms with E-state index < -0.39 is 16.1 Å². The van der Waals surface area contributed by atoms with Crippen LogP contribution in [-0.4, -0.2) is 70.3 Å². The summed E-state index contributed by atoms with van der Waals surface area (Å²) in [6.07, 6.45) is 10.6. The predicted molar refractivity (Wildman–Crippen MR) is 169 cm³/mol. The van der Waals surface area contributed by atoms with Crippen LogP contribution >= 0.6 is 11.3 Å². The van der Waals surface area contributed by atoms with Gasteiger partial charge in [-0.05, 0) is 61.7 Å². The van der Waals surface area contributed by atoms with Gasteiger partial charge in [0.25, 0.3) is 10.0 Å². The van der Waals surface area contributed by atoms with Crippen LogP contribution in [0, 0.1) is 0 Å². The van der Waals surface area contributed by atoms with Gasteiger partial charge in [-0.25, -0.2) is 13.4 Å². The Morgan fingerprint density at radius 2 is 1.81 bits per heavy atom. The lowest BCUT2D eigenvalue weighted by Gasteiger charge is -2.39. The van der Waals surface area contributed by atoms with Crippen LogP contribution in [-0.2, 0) is 21.4 Å². The molecule has 4 aromatic rings. The SMILES string of the molecule is CCCCCCCCN1CCN(S(=O)(=O)c2cccs2)C(C(=O)Nc2ccc3c(c2)nc(-c2ccncc2)n3CC)C1. The molecule has 0 radical (unpaired) electrons. The minimum Gasteiger partial charge on any atom is -0.325 e. The summed E-state index contributed by atoms with van der Waals surface area (Å²) in [4.78, 5) is 25.0. The third kappa shape index (κ3) is 6.75. The Labute approximate surface area is 252 Å². The van der Waals surface area contributed by atoms with Crippen LogP contribution in [0.25, 0.3) is 22.4 Å². The van der Waals surface area contributed by atoms with Gasteiger partial charge >= 0.3 is 0 Å². The highest BCUT2D eigenvalue weighted by Crippen LogP contribution is 2.29. The van der Waals surface area contributed by atoms with Crippen LogP contribution in [0.15, 0.2) is 64.4 Å². The van der Waals surface area contributed by atoms with Crippen LogP contribution in [0.1, 0.15) is 52.4 Å². The van der Waals surface area contributed by atoms with Crippen molar-refractivity contribution in [2.24, 2.45) is 0 Å². The van der Waals surface area contributed by atoms with Crippen molar-refractivity contribution >= 4 is 44.0 Å². The van der Waals surface area contributed by atoms with E-state index in [2.05, 4.69) is 33.6 Å². The number of hydrogen-bond donors (Lipinski definition) is 1. The molecule has 1 aliphatic heterocycles. The zero-order chi connectivity index (χ0) is 29.5. The number of amides is 1. The van der Waals surface area contributed by atoms with Gasteiger partial charge in [0, 0.05) is 49.8 Å². The number of aryl methyl sites for hydroxylation is 1. The maximum atomic E-state index is 13.8. The minimum absolute atomic E-state index is 0.264. The number of unbranched alkanes of at least 4 members (excludes halogenated alkanes) is 5. The number of nitrogens with one attached hydrogen (secondary N) is 1. The highest BCUT2D eigenvalue weighted by atomic mass is 32.2. The van der Waals surface area contributed by atoms with E-state index in [4.69, 9.17) is 4.98 Å². The molecule has 1 atom stereocenters. The lowest BCUT2D eigenvalue weighted by atomic mass is 10.1. The van der Waals surface area contributed by atoms with Crippen molar-refractivity contribution < 1.29 is 13.2 Å². The molecule has 1 amide bonds. The summed E-state index contributed by atoms with van der Waals surface area (Å²) in [7, 11) is -3.79. The molecule has 1 aliphatic rings. The van der Waals surface area contributed by atoms with Gasteiger partial charge in [0.1, 0.15) is 16.1 Å². The van der Waals surface area contributed by atoms with E-state index in [1.165, 1.54) is 41.3 Å². The molecule has 1 N–H and O–H groups in total. The van der Waals surface area contributed by atoms with Crippen LogP contribution in [0.5, 0.6) is 0 Å². The molecule has 224 valence electrons. The maximum Gasteiger partial charge on any atom is 0.253 e. The molecule has 1 aromatic carbocycles. The molecule has 9 nitrogen and oxygen atoms in total. The first-order chi connectivity index (χ1) is 20.4. The first-order valence-electron chi connectivity index (χ1n) is 14.9. The van der Waals surface area contributed by atoms with Crippen LogP contribution in [0.3, 0.4) is 0 Å². The predicted octanol–water partition coefficient (Wildman–Crippen LogP) is 5.85. The highest BCUT2D eigenvalue weighted by molar-refractivity contribution is 7.91. The Balaban J connectivity index is 1.35. The number of carbonyl (C=O) groups excluding carboxylic acids is 1. The van der Waals surface area contributed by atoms with Crippen molar-refractivity contribution in [2.45, 2.75) is 69.2 Å². The molecule has 5 rings (SSSR count). The third-order valence-electron chi connectivity index (χ3n) is 7.87. The van der Waals surface area contributed by atoms with Crippen molar-refractivity contribution in [1.29, 1.82) is 0 Å². The second-order valence-electron chi connectivity index (χ2n) is 10.7. The van der Waals surface area contributed by atoms with E-state index in [1.54, 1.807) is 29.9 Å². The smallest absolute Gasteiger partial charge is 0.253 e. The molecule has 0 spiro atoms. The highest BCUT2D eigenvalue weighted by Gasteiger charge is 2.40. The van der Waals surface area contributed by atoms with Crippen molar-refractivity contribution in [3.63, 3.8) is 0 Å². The molecule has 3 aromatic heterocycles. The van der Waals surface area contributed by atoms with E-state index in [1.807, 2.05) is 30.3 Å². The van der Waals surface area contributed by atoms with Gasteiger partial charge in [-0.1, -0.05) is 45.1 Å². The Kier molecular flexibility index (Phi) is 10.0. The fourth-order valence-corrected chi connectivity index (χ4v) is 8.33. The number of nitrogens with zero attached hydrogens (tertiary/aromatic N) is 5. The monoisotopic (exact) mass is 608 g/mol. The van der Waals surface area contributed by atoms with E-state index in [-0.39, 0.29) is 16.7 Å². The van der Waals surface area contributed by atoms with E-state index >= 15 is 0 Å². The molecule has 1 unspecified atom stereocenters. The Hall–Kier alpha value is -3.12. The molecule has 42 heavy (non-hydrogen) atoms. The molecule has 4 heterocycles. The molecule has 0 bridgehead atoms. The van der Waals surface area contributed by atoms with Crippen molar-refractivity contribution in [1.82, 2.24) is 23.7 Å². The van der Waals surface area contributed by atoms with E-state index in [0.717, 1.165) is 48.4 Å². The average molecular weight is 609 g/mol. The molecule has 1 saturated heterocycles. The second-order valence-corrected chi connectivity index (χ2v) is 13.8. The van der Waals surface area contributed by atoms with Gasteiger partial charge in [-0.15, -0.1) is 11.3 Å². The number of carbonyl (C=O) groups is 1. The number of piperazine rings is 1. The van der Waals surface area contributed by atoms with Crippen molar-refractivity contribution in [2.75, 3.05) is 31.5 Å². The van der Waals surface area contributed by atoms with Crippen molar-refractivity contribution in [3.05, 3.63) is 60.2 Å². The zero-order valence-corrected chi connectivity index (χ0v) is 26.0. The van der Waals surface area contributed by atoms with Gasteiger partial charge in [0.2, 0.25) is 5.91 Å². The van der Waals surface area contributed by atoms with E-state index in [9.17, 15) is 13.2 Å². The largest absolute Gasteiger partial charge is 0.325 e. The van der Waals surface area contributed by atoms with E-state index in [0.29, 0.717) is 18.8 Å². The first-order valence-corrected chi connectivity index (χ1v) is 17.2. The Morgan fingerprint density at radius 1 is 1.02 bits per heavy atom. The quantitative estimate of drug-likeness (QED) is 0.191. The standard InChI is InChI=1S/C31H40N6O3S2/c1-3-5-6-7-8-9-18-35-19-20-37(42(39,40)29-11-10-21-41-29)28(23-35)31(38)33-25-12-13-27-26(22-25)34-30(36(27)4-2)24-14-16-32-17-15-24/h10-17,21-22,28H,3-9,18-20,23H2,1-2H3,(H,33,38). The number of aromatic nitrogens is 3. The fourth-order valence-electron chi connectivity index (χ4n) is 5.64. The van der Waals surface area contributed by atoms with Gasteiger partial charge in [-0.2, -0.15) is 4.31 Å². The fraction of sp³-hybridized carbons (Fsp3) is 0.452. The van der Waals surface area contributed by atoms with Gasteiger partial charge < -0.3 is 9.88 Å². The number of fused-ring (bicyclic) bond motifs is 1. The number of imidazole rings is 1. The average Bonchev–Trinajstić information content (AvgIpc) is 3.68. The molecule has 11 heteroatoms. The Morgan fingerprint density at radius 3 is 2.55 bits per heavy atom. The van der Waals surface area contributed by atoms with Gasteiger partial charge in [0.15, 0.2) is 0 Å². The van der Waals surface area contributed by atoms with Gasteiger partial charge in [0.05, 0.1) is 11.0 Å². The molecule has 1 fully saturated rings. The van der Waals surface area contributed by atoms with Crippen molar-refractivity contribution in [3.8, 4) is 11.4 Å². The summed E-state index contributed by atoms with van der Waals surface area (Å²) in [6.45, 7) is 7.15. The third-order valence-corrected chi connectivity index (χ3v) is 11.2. The lowest BCUT2D eigenvalue weighted by Crippen LogP contribution is -2.59. The number of rotatable bonds is 13.